The van der Waals surface area contributed by atoms with E-state index in [1.165, 1.54) is 6.07 Å². The van der Waals surface area contributed by atoms with Crippen LogP contribution in [0, 0.1) is 6.92 Å². The minimum absolute atomic E-state index is 0.0597. The Morgan fingerprint density at radius 2 is 1.90 bits per heavy atom. The summed E-state index contributed by atoms with van der Waals surface area (Å²) in [4.78, 5) is 33.3. The minimum atomic E-state index is -1.14. The zero-order valence-corrected chi connectivity index (χ0v) is 11.1. The van der Waals surface area contributed by atoms with Gasteiger partial charge in [0.25, 0.3) is 0 Å². The summed E-state index contributed by atoms with van der Waals surface area (Å²) in [6.45, 7) is 1.65. The van der Waals surface area contributed by atoms with Crippen LogP contribution >= 0.6 is 0 Å². The zero-order valence-electron chi connectivity index (χ0n) is 11.1. The first-order chi connectivity index (χ1) is 9.32. The molecule has 1 rings (SSSR count). The van der Waals surface area contributed by atoms with Gasteiger partial charge in [-0.05, 0) is 30.5 Å². The zero-order chi connectivity index (χ0) is 15.3. The van der Waals surface area contributed by atoms with Gasteiger partial charge in [0.1, 0.15) is 11.8 Å². The van der Waals surface area contributed by atoms with Gasteiger partial charge in [-0.1, -0.05) is 12.1 Å². The van der Waals surface area contributed by atoms with Crippen LogP contribution in [-0.4, -0.2) is 34.0 Å². The maximum atomic E-state index is 11.8. The fourth-order valence-corrected chi connectivity index (χ4v) is 1.85. The summed E-state index contributed by atoms with van der Waals surface area (Å²) in [7, 11) is 0. The van der Waals surface area contributed by atoms with Crippen molar-refractivity contribution >= 4 is 17.7 Å². The Morgan fingerprint density at radius 3 is 2.45 bits per heavy atom. The molecule has 1 aromatic rings. The lowest BCUT2D eigenvalue weighted by molar-refractivity contribution is -0.138. The summed E-state index contributed by atoms with van der Waals surface area (Å²) in [5, 5.41) is 17.6. The van der Waals surface area contributed by atoms with Gasteiger partial charge in [-0.25, -0.2) is 4.79 Å². The molecule has 0 spiro atoms. The number of hydrogen-bond donors (Lipinski definition) is 3. The summed E-state index contributed by atoms with van der Waals surface area (Å²) >= 11 is 0. The molecule has 6 heteroatoms. The van der Waals surface area contributed by atoms with Gasteiger partial charge in [0.15, 0.2) is 0 Å². The Hall–Kier alpha value is -2.21. The van der Waals surface area contributed by atoms with Crippen LogP contribution in [-0.2, 0) is 16.0 Å². The van der Waals surface area contributed by atoms with Crippen molar-refractivity contribution in [1.29, 1.82) is 0 Å². The van der Waals surface area contributed by atoms with Crippen LogP contribution in [0.4, 0.5) is 0 Å². The number of ketones is 1. The SMILES string of the molecule is Cc1c(CC(=O)CC[C@H](N)C(=O)O)cccc1C(=O)O. The summed E-state index contributed by atoms with van der Waals surface area (Å²) in [5.74, 6) is -2.33. The van der Waals surface area contributed by atoms with E-state index in [0.29, 0.717) is 11.1 Å². The van der Waals surface area contributed by atoms with E-state index < -0.39 is 18.0 Å². The van der Waals surface area contributed by atoms with Gasteiger partial charge in [0.05, 0.1) is 5.56 Å². The van der Waals surface area contributed by atoms with E-state index in [4.69, 9.17) is 15.9 Å². The first-order valence-corrected chi connectivity index (χ1v) is 6.14. The molecule has 6 nitrogen and oxygen atoms in total. The Labute approximate surface area is 116 Å². The predicted octanol–water partition coefficient (Wildman–Crippen LogP) is 0.997. The van der Waals surface area contributed by atoms with E-state index >= 15 is 0 Å². The molecule has 0 radical (unpaired) electrons. The van der Waals surface area contributed by atoms with Crippen LogP contribution in [0.25, 0.3) is 0 Å². The van der Waals surface area contributed by atoms with Gasteiger partial charge in [-0.3, -0.25) is 9.59 Å². The second kappa shape index (κ2) is 6.81. The van der Waals surface area contributed by atoms with E-state index in [-0.39, 0.29) is 30.6 Å². The number of nitrogens with two attached hydrogens (primary N) is 1. The quantitative estimate of drug-likeness (QED) is 0.685. The summed E-state index contributed by atoms with van der Waals surface area (Å²) < 4.78 is 0. The number of carbonyl (C=O) groups excluding carboxylic acids is 1. The monoisotopic (exact) mass is 279 g/mol. The maximum Gasteiger partial charge on any atom is 0.335 e. The number of aromatic carboxylic acids is 1. The average Bonchev–Trinajstić information content (AvgIpc) is 2.37. The van der Waals surface area contributed by atoms with E-state index in [2.05, 4.69) is 0 Å². The second-order valence-electron chi connectivity index (χ2n) is 4.59. The lowest BCUT2D eigenvalue weighted by Gasteiger charge is -2.09. The molecule has 108 valence electrons. The third kappa shape index (κ3) is 4.17. The van der Waals surface area contributed by atoms with Crippen molar-refractivity contribution in [2.24, 2.45) is 5.73 Å². The third-order valence-electron chi connectivity index (χ3n) is 3.12. The molecule has 1 aromatic carbocycles. The third-order valence-corrected chi connectivity index (χ3v) is 3.12. The lowest BCUT2D eigenvalue weighted by Crippen LogP contribution is -2.30. The van der Waals surface area contributed by atoms with Crippen LogP contribution in [0.1, 0.15) is 34.3 Å². The molecule has 0 fully saturated rings. The molecular formula is C14H17NO5. The summed E-state index contributed by atoms with van der Waals surface area (Å²) in [5.41, 5.74) is 6.68. The first kappa shape index (κ1) is 15.8. The normalized spacial score (nSPS) is 11.9. The highest BCUT2D eigenvalue weighted by atomic mass is 16.4. The van der Waals surface area contributed by atoms with E-state index in [9.17, 15) is 14.4 Å². The van der Waals surface area contributed by atoms with Crippen molar-refractivity contribution in [2.75, 3.05) is 0 Å². The van der Waals surface area contributed by atoms with Gasteiger partial charge < -0.3 is 15.9 Å². The number of carbonyl (C=O) groups is 3. The van der Waals surface area contributed by atoms with E-state index in [1.807, 2.05) is 0 Å². The van der Waals surface area contributed by atoms with Crippen molar-refractivity contribution in [3.8, 4) is 0 Å². The molecule has 0 aliphatic carbocycles. The van der Waals surface area contributed by atoms with Gasteiger partial charge in [-0.15, -0.1) is 0 Å². The Balaban J connectivity index is 2.69. The van der Waals surface area contributed by atoms with Crippen molar-refractivity contribution in [3.05, 3.63) is 34.9 Å². The molecule has 0 saturated carbocycles. The van der Waals surface area contributed by atoms with Gasteiger partial charge in [0.2, 0.25) is 0 Å². The Bertz CT molecular complexity index is 538. The highest BCUT2D eigenvalue weighted by molar-refractivity contribution is 5.90. The molecule has 1 atom stereocenters. The summed E-state index contributed by atoms with van der Waals surface area (Å²) in [6.07, 6.45) is 0.218. The standard InChI is InChI=1S/C14H17NO5/c1-8-9(3-2-4-11(8)13(17)18)7-10(16)5-6-12(15)14(19)20/h2-4,12H,5-7,15H2,1H3,(H,17,18)(H,19,20)/t12-/m0/s1. The first-order valence-electron chi connectivity index (χ1n) is 6.14. The predicted molar refractivity (Wildman–Crippen MR) is 71.7 cm³/mol. The molecule has 20 heavy (non-hydrogen) atoms. The lowest BCUT2D eigenvalue weighted by atomic mass is 9.96. The Kier molecular flexibility index (Phi) is 5.40. The van der Waals surface area contributed by atoms with Gasteiger partial charge >= 0.3 is 11.9 Å². The van der Waals surface area contributed by atoms with Crippen LogP contribution in [0.2, 0.25) is 0 Å². The highest BCUT2D eigenvalue weighted by Crippen LogP contribution is 2.15. The van der Waals surface area contributed by atoms with Crippen molar-refractivity contribution in [1.82, 2.24) is 0 Å². The molecule has 0 heterocycles. The van der Waals surface area contributed by atoms with E-state index in [1.54, 1.807) is 19.1 Å². The van der Waals surface area contributed by atoms with Crippen molar-refractivity contribution in [3.63, 3.8) is 0 Å². The smallest absolute Gasteiger partial charge is 0.335 e. The number of Topliss-reactive ketones (excluding diaryl/α,β-unsaturated/α-hetero) is 1. The van der Waals surface area contributed by atoms with Crippen LogP contribution in [0.3, 0.4) is 0 Å². The minimum Gasteiger partial charge on any atom is -0.480 e. The number of rotatable bonds is 7. The van der Waals surface area contributed by atoms with Crippen LogP contribution in [0.5, 0.6) is 0 Å². The Morgan fingerprint density at radius 1 is 1.25 bits per heavy atom. The molecule has 0 unspecified atom stereocenters. The van der Waals surface area contributed by atoms with Crippen LogP contribution in [0.15, 0.2) is 18.2 Å². The molecule has 0 bridgehead atoms. The largest absolute Gasteiger partial charge is 0.480 e. The molecule has 0 amide bonds. The highest BCUT2D eigenvalue weighted by Gasteiger charge is 2.16. The number of carboxylic acid groups (broad SMARTS) is 2. The molecule has 0 aliphatic rings. The average molecular weight is 279 g/mol. The second-order valence-corrected chi connectivity index (χ2v) is 4.59. The fourth-order valence-electron chi connectivity index (χ4n) is 1.85. The van der Waals surface area contributed by atoms with Crippen LogP contribution < -0.4 is 5.73 Å². The number of benzene rings is 1. The topological polar surface area (TPSA) is 118 Å². The van der Waals surface area contributed by atoms with Gasteiger partial charge in [0, 0.05) is 12.8 Å². The molecule has 0 saturated heterocycles. The number of carboxylic acids is 2. The number of aliphatic carboxylic acids is 1. The van der Waals surface area contributed by atoms with Crippen molar-refractivity contribution < 1.29 is 24.6 Å². The fraction of sp³-hybridized carbons (Fsp3) is 0.357. The molecule has 0 aliphatic heterocycles. The maximum absolute atomic E-state index is 11.8. The molecule has 4 N–H and O–H groups in total. The van der Waals surface area contributed by atoms with Gasteiger partial charge in [-0.2, -0.15) is 0 Å². The molecular weight excluding hydrogens is 262 g/mol. The van der Waals surface area contributed by atoms with E-state index in [0.717, 1.165) is 0 Å². The number of hydrogen-bond acceptors (Lipinski definition) is 4. The van der Waals surface area contributed by atoms with Crippen molar-refractivity contribution in [2.45, 2.75) is 32.2 Å². The molecule has 0 aromatic heterocycles. The summed E-state index contributed by atoms with van der Waals surface area (Å²) in [6, 6.07) is 3.70.